The minimum Gasteiger partial charge on any atom is -0.394 e. The van der Waals surface area contributed by atoms with Crippen molar-refractivity contribution >= 4 is 5.91 Å². The lowest BCUT2D eigenvalue weighted by Crippen LogP contribution is -2.45. The third-order valence-corrected chi connectivity index (χ3v) is 6.10. The zero-order valence-electron chi connectivity index (χ0n) is 22.8. The van der Waals surface area contributed by atoms with Gasteiger partial charge in [-0.2, -0.15) is 0 Å². The van der Waals surface area contributed by atoms with Crippen LogP contribution in [-0.4, -0.2) is 34.9 Å². The van der Waals surface area contributed by atoms with Crippen LogP contribution >= 0.6 is 0 Å². The van der Waals surface area contributed by atoms with E-state index in [4.69, 9.17) is 0 Å². The summed E-state index contributed by atoms with van der Waals surface area (Å²) in [7, 11) is 0. The van der Waals surface area contributed by atoms with Crippen LogP contribution in [0.5, 0.6) is 0 Å². The molecule has 0 bridgehead atoms. The van der Waals surface area contributed by atoms with Crippen LogP contribution in [0.3, 0.4) is 0 Å². The van der Waals surface area contributed by atoms with Crippen LogP contribution < -0.4 is 5.32 Å². The molecule has 0 heterocycles. The van der Waals surface area contributed by atoms with Crippen molar-refractivity contribution in [1.82, 2.24) is 5.32 Å². The van der Waals surface area contributed by atoms with Gasteiger partial charge in [-0.3, -0.25) is 4.79 Å². The molecular weight excluding hydrogens is 434 g/mol. The Bertz CT molecular complexity index is 580. The first kappa shape index (κ1) is 33.4. The zero-order valence-corrected chi connectivity index (χ0v) is 22.8. The number of carbonyl (C=O) groups excluding carboxylic acids is 1. The summed E-state index contributed by atoms with van der Waals surface area (Å²) in [6.07, 6.45) is 34.5. The van der Waals surface area contributed by atoms with E-state index in [1.54, 1.807) is 0 Å². The highest BCUT2D eigenvalue weighted by atomic mass is 16.3. The van der Waals surface area contributed by atoms with Crippen LogP contribution in [-0.2, 0) is 4.79 Å². The fraction of sp³-hybridized carbons (Fsp3) is 0.710. The van der Waals surface area contributed by atoms with Crippen molar-refractivity contribution in [1.29, 1.82) is 0 Å². The molecule has 3 N–H and O–H groups in total. The smallest absolute Gasteiger partial charge is 0.220 e. The number of carbonyl (C=O) groups is 1. The summed E-state index contributed by atoms with van der Waals surface area (Å²) in [4.78, 5) is 12.2. The molecule has 0 spiro atoms. The largest absolute Gasteiger partial charge is 0.394 e. The molecule has 35 heavy (non-hydrogen) atoms. The van der Waals surface area contributed by atoms with E-state index >= 15 is 0 Å². The number of allylic oxidation sites excluding steroid dienone is 8. The van der Waals surface area contributed by atoms with Gasteiger partial charge in [-0.1, -0.05) is 114 Å². The van der Waals surface area contributed by atoms with Crippen LogP contribution in [0.2, 0.25) is 0 Å². The number of rotatable bonds is 24. The molecule has 4 heteroatoms. The van der Waals surface area contributed by atoms with E-state index in [1.165, 1.54) is 25.7 Å². The molecule has 0 saturated heterocycles. The van der Waals surface area contributed by atoms with Crippen LogP contribution in [0.25, 0.3) is 0 Å². The lowest BCUT2D eigenvalue weighted by Gasteiger charge is -2.22. The minimum absolute atomic E-state index is 0.0648. The van der Waals surface area contributed by atoms with Crippen LogP contribution in [0.4, 0.5) is 0 Å². The second kappa shape index (κ2) is 26.9. The van der Waals surface area contributed by atoms with Crippen LogP contribution in [0, 0.1) is 0 Å². The summed E-state index contributed by atoms with van der Waals surface area (Å²) in [5.41, 5.74) is 0. The first-order valence-corrected chi connectivity index (χ1v) is 14.3. The quantitative estimate of drug-likeness (QED) is 0.0960. The molecule has 0 aromatic rings. The molecule has 2 unspecified atom stereocenters. The highest BCUT2D eigenvalue weighted by molar-refractivity contribution is 5.76. The van der Waals surface area contributed by atoms with Crippen molar-refractivity contribution in [3.05, 3.63) is 48.6 Å². The summed E-state index contributed by atoms with van der Waals surface area (Å²) in [6.45, 7) is 4.14. The van der Waals surface area contributed by atoms with Gasteiger partial charge in [0, 0.05) is 6.42 Å². The Kier molecular flexibility index (Phi) is 25.7. The van der Waals surface area contributed by atoms with Crippen LogP contribution in [0.1, 0.15) is 123 Å². The molecule has 0 rings (SSSR count). The first-order chi connectivity index (χ1) is 17.2. The van der Waals surface area contributed by atoms with E-state index in [-0.39, 0.29) is 12.5 Å². The Balaban J connectivity index is 3.69. The predicted octanol–water partition coefficient (Wildman–Crippen LogP) is 7.72. The molecule has 4 nitrogen and oxygen atoms in total. The summed E-state index contributed by atoms with van der Waals surface area (Å²) in [5.74, 6) is -0.0648. The summed E-state index contributed by atoms with van der Waals surface area (Å²) in [6, 6.07) is -0.545. The van der Waals surface area contributed by atoms with Crippen molar-refractivity contribution in [3.63, 3.8) is 0 Å². The fourth-order valence-electron chi connectivity index (χ4n) is 3.88. The van der Waals surface area contributed by atoms with Crippen LogP contribution in [0.15, 0.2) is 48.6 Å². The molecule has 0 aliphatic heterocycles. The molecular formula is C31H55NO3. The van der Waals surface area contributed by atoms with Gasteiger partial charge < -0.3 is 15.5 Å². The number of unbranched alkanes of at least 4 members (excludes halogenated alkanes) is 9. The summed E-state index contributed by atoms with van der Waals surface area (Å²) >= 11 is 0. The fourth-order valence-corrected chi connectivity index (χ4v) is 3.88. The Morgan fingerprint density at radius 1 is 0.714 bits per heavy atom. The maximum Gasteiger partial charge on any atom is 0.220 e. The normalized spacial score (nSPS) is 14.1. The predicted molar refractivity (Wildman–Crippen MR) is 151 cm³/mol. The lowest BCUT2D eigenvalue weighted by atomic mass is 10.0. The number of hydrogen-bond donors (Lipinski definition) is 3. The van der Waals surface area contributed by atoms with E-state index in [0.29, 0.717) is 12.8 Å². The Labute approximate surface area is 216 Å². The summed E-state index contributed by atoms with van der Waals surface area (Å²) < 4.78 is 0. The average Bonchev–Trinajstić information content (AvgIpc) is 2.86. The molecule has 2 atom stereocenters. The molecule has 0 aliphatic rings. The topological polar surface area (TPSA) is 69.6 Å². The third-order valence-electron chi connectivity index (χ3n) is 6.10. The highest BCUT2D eigenvalue weighted by Gasteiger charge is 2.19. The second-order valence-corrected chi connectivity index (χ2v) is 9.43. The maximum absolute atomic E-state index is 12.2. The SMILES string of the molecule is CC/C=C\C/C=C\C/C=C\C/C=C\CCCCCCC(=O)NC(CO)C(O)CCCCCCCC. The Morgan fingerprint density at radius 2 is 1.26 bits per heavy atom. The monoisotopic (exact) mass is 489 g/mol. The van der Waals surface area contributed by atoms with Crippen molar-refractivity contribution in [2.45, 2.75) is 135 Å². The molecule has 1 amide bonds. The average molecular weight is 490 g/mol. The van der Waals surface area contributed by atoms with E-state index in [9.17, 15) is 15.0 Å². The molecule has 0 aromatic heterocycles. The van der Waals surface area contributed by atoms with Gasteiger partial charge in [0.05, 0.1) is 18.8 Å². The molecule has 0 aromatic carbocycles. The maximum atomic E-state index is 12.2. The highest BCUT2D eigenvalue weighted by Crippen LogP contribution is 2.11. The molecule has 0 radical (unpaired) electrons. The van der Waals surface area contributed by atoms with Gasteiger partial charge in [-0.25, -0.2) is 0 Å². The van der Waals surface area contributed by atoms with Gasteiger partial charge in [0.15, 0.2) is 0 Å². The Hall–Kier alpha value is -1.65. The first-order valence-electron chi connectivity index (χ1n) is 14.3. The van der Waals surface area contributed by atoms with Gasteiger partial charge in [0.1, 0.15) is 0 Å². The molecule has 0 fully saturated rings. The standard InChI is InChI=1S/C31H55NO3/c1-3-5-7-9-11-12-13-14-15-16-17-18-19-20-21-23-25-27-31(35)32-29(28-33)30(34)26-24-22-10-8-6-4-2/h5,7,11-12,14-15,17-18,29-30,33-34H,3-4,6,8-10,13,16,19-28H2,1-2H3,(H,32,35)/b7-5-,12-11-,15-14-,18-17-. The van der Waals surface area contributed by atoms with Gasteiger partial charge in [-0.05, 0) is 51.4 Å². The molecule has 0 aliphatic carbocycles. The minimum atomic E-state index is -0.666. The van der Waals surface area contributed by atoms with Gasteiger partial charge >= 0.3 is 0 Å². The summed E-state index contributed by atoms with van der Waals surface area (Å²) in [5, 5.41) is 22.7. The lowest BCUT2D eigenvalue weighted by molar-refractivity contribution is -0.123. The van der Waals surface area contributed by atoms with Gasteiger partial charge in [0.25, 0.3) is 0 Å². The second-order valence-electron chi connectivity index (χ2n) is 9.43. The zero-order chi connectivity index (χ0) is 25.8. The molecule has 202 valence electrons. The van der Waals surface area contributed by atoms with Gasteiger partial charge in [-0.15, -0.1) is 0 Å². The van der Waals surface area contributed by atoms with E-state index in [2.05, 4.69) is 67.8 Å². The number of aliphatic hydroxyl groups is 2. The number of nitrogens with one attached hydrogen (secondary N) is 1. The van der Waals surface area contributed by atoms with Crippen molar-refractivity contribution in [3.8, 4) is 0 Å². The van der Waals surface area contributed by atoms with E-state index in [0.717, 1.165) is 70.6 Å². The number of hydrogen-bond acceptors (Lipinski definition) is 3. The van der Waals surface area contributed by atoms with Gasteiger partial charge in [0.2, 0.25) is 5.91 Å². The van der Waals surface area contributed by atoms with Crippen molar-refractivity contribution < 1.29 is 15.0 Å². The van der Waals surface area contributed by atoms with Crippen molar-refractivity contribution in [2.75, 3.05) is 6.61 Å². The molecule has 0 saturated carbocycles. The van der Waals surface area contributed by atoms with E-state index < -0.39 is 12.1 Å². The Morgan fingerprint density at radius 3 is 1.89 bits per heavy atom. The van der Waals surface area contributed by atoms with E-state index in [1.807, 2.05) is 0 Å². The number of aliphatic hydroxyl groups excluding tert-OH is 2. The number of amides is 1. The third kappa shape index (κ3) is 23.8. The van der Waals surface area contributed by atoms with Crippen molar-refractivity contribution in [2.24, 2.45) is 0 Å².